The monoisotopic (exact) mass is 396 g/mol. The molecule has 0 saturated heterocycles. The van der Waals surface area contributed by atoms with Crippen LogP contribution in [0.25, 0.3) is 0 Å². The molecule has 0 radical (unpaired) electrons. The summed E-state index contributed by atoms with van der Waals surface area (Å²) in [4.78, 5) is 22.4. The number of benzene rings is 1. The van der Waals surface area contributed by atoms with Gasteiger partial charge in [0.1, 0.15) is 24.8 Å². The van der Waals surface area contributed by atoms with Crippen LogP contribution in [0.2, 0.25) is 0 Å². The molecule has 146 valence electrons. The maximum absolute atomic E-state index is 13.2. The third-order valence-electron chi connectivity index (χ3n) is 2.82. The zero-order chi connectivity index (χ0) is 20.3. The van der Waals surface area contributed by atoms with E-state index >= 15 is 0 Å². The summed E-state index contributed by atoms with van der Waals surface area (Å²) in [6.45, 7) is -2.37. The summed E-state index contributed by atoms with van der Waals surface area (Å²) in [6.07, 6.45) is -12.8. The Balaban J connectivity index is 2.67. The number of carbonyl (C=O) groups excluding carboxylic acids is 2. The van der Waals surface area contributed by atoms with Gasteiger partial charge in [-0.1, -0.05) is 0 Å². The van der Waals surface area contributed by atoms with Crippen LogP contribution in [0.3, 0.4) is 0 Å². The van der Waals surface area contributed by atoms with Crippen molar-refractivity contribution in [3.63, 3.8) is 0 Å². The van der Waals surface area contributed by atoms with Crippen molar-refractivity contribution in [2.75, 3.05) is 13.2 Å². The molecule has 5 nitrogen and oxygen atoms in total. The van der Waals surface area contributed by atoms with Crippen molar-refractivity contribution in [1.29, 1.82) is 0 Å². The molecule has 0 atom stereocenters. The molecule has 0 fully saturated rings. The van der Waals surface area contributed by atoms with Crippen LogP contribution in [0.4, 0.5) is 35.1 Å². The number of rotatable bonds is 5. The second kappa shape index (κ2) is 7.43. The predicted octanol–water partition coefficient (Wildman–Crippen LogP) is 2.52. The summed E-state index contributed by atoms with van der Waals surface area (Å²) in [5.74, 6) is -6.89. The number of esters is 2. The second-order valence-electron chi connectivity index (χ2n) is 4.60. The SMILES string of the molecule is O=C(OCCOC(=O)C(O)(C(F)(F)F)C(F)(F)F)c1ccc(F)cc1F. The minimum atomic E-state index is -6.42. The van der Waals surface area contributed by atoms with Crippen LogP contribution in [-0.4, -0.2) is 48.2 Å². The number of hydrogen-bond acceptors (Lipinski definition) is 5. The average Bonchev–Trinajstić information content (AvgIpc) is 2.47. The first-order valence-corrected chi connectivity index (χ1v) is 6.37. The molecule has 26 heavy (non-hydrogen) atoms. The summed E-state index contributed by atoms with van der Waals surface area (Å²) in [5, 5.41) is 8.68. The number of halogens is 8. The summed E-state index contributed by atoms with van der Waals surface area (Å²) in [5.41, 5.74) is -6.55. The maximum Gasteiger partial charge on any atom is 0.437 e. The van der Waals surface area contributed by atoms with E-state index in [1.807, 2.05) is 0 Å². The molecule has 0 unspecified atom stereocenters. The van der Waals surface area contributed by atoms with E-state index in [1.165, 1.54) is 0 Å². The summed E-state index contributed by atoms with van der Waals surface area (Å²) in [6, 6.07) is 1.68. The first-order chi connectivity index (χ1) is 11.7. The van der Waals surface area contributed by atoms with Gasteiger partial charge in [0.25, 0.3) is 0 Å². The van der Waals surface area contributed by atoms with Crippen molar-refractivity contribution < 1.29 is 59.3 Å². The lowest BCUT2D eigenvalue weighted by atomic mass is 10.0. The Morgan fingerprint density at radius 3 is 1.88 bits per heavy atom. The van der Waals surface area contributed by atoms with Gasteiger partial charge in [-0.2, -0.15) is 26.3 Å². The van der Waals surface area contributed by atoms with Crippen LogP contribution in [0, 0.1) is 11.6 Å². The van der Waals surface area contributed by atoms with E-state index in [9.17, 15) is 44.7 Å². The van der Waals surface area contributed by atoms with Crippen molar-refractivity contribution in [2.45, 2.75) is 18.0 Å². The molecule has 0 aliphatic carbocycles. The van der Waals surface area contributed by atoms with E-state index in [2.05, 4.69) is 9.47 Å². The highest BCUT2D eigenvalue weighted by Crippen LogP contribution is 2.43. The van der Waals surface area contributed by atoms with Crippen molar-refractivity contribution in [3.05, 3.63) is 35.4 Å². The highest BCUT2D eigenvalue weighted by atomic mass is 19.4. The standard InChI is InChI=1S/C13H8F8O5/c14-6-1-2-7(8(15)5-6)9(22)25-3-4-26-10(23)11(24,12(16,17)18)13(19,20)21/h1-2,5,24H,3-4H2. The van der Waals surface area contributed by atoms with Gasteiger partial charge in [0.05, 0.1) is 5.56 Å². The molecule has 0 heterocycles. The molecule has 0 aromatic heterocycles. The average molecular weight is 396 g/mol. The Morgan fingerprint density at radius 2 is 1.42 bits per heavy atom. The third kappa shape index (κ3) is 4.39. The van der Waals surface area contributed by atoms with Gasteiger partial charge in [-0.3, -0.25) is 0 Å². The number of ether oxygens (including phenoxy) is 2. The van der Waals surface area contributed by atoms with E-state index < -0.39 is 60.3 Å². The fourth-order valence-electron chi connectivity index (χ4n) is 1.50. The van der Waals surface area contributed by atoms with Crippen LogP contribution < -0.4 is 0 Å². The fraction of sp³-hybridized carbons (Fsp3) is 0.385. The Kier molecular flexibility index (Phi) is 6.18. The summed E-state index contributed by atoms with van der Waals surface area (Å²) >= 11 is 0. The van der Waals surface area contributed by atoms with Gasteiger partial charge in [-0.25, -0.2) is 18.4 Å². The smallest absolute Gasteiger partial charge is 0.437 e. The lowest BCUT2D eigenvalue weighted by Gasteiger charge is -2.29. The molecule has 0 saturated carbocycles. The van der Waals surface area contributed by atoms with Gasteiger partial charge < -0.3 is 14.6 Å². The molecular formula is C13H8F8O5. The van der Waals surface area contributed by atoms with Crippen LogP contribution in [0.15, 0.2) is 18.2 Å². The predicted molar refractivity (Wildman–Crippen MR) is 64.7 cm³/mol. The van der Waals surface area contributed by atoms with Crippen LogP contribution in [0.5, 0.6) is 0 Å². The van der Waals surface area contributed by atoms with E-state index in [0.29, 0.717) is 18.2 Å². The van der Waals surface area contributed by atoms with E-state index in [1.54, 1.807) is 0 Å². The zero-order valence-electron chi connectivity index (χ0n) is 12.3. The molecule has 1 aromatic carbocycles. The molecule has 0 amide bonds. The normalized spacial score (nSPS) is 12.7. The van der Waals surface area contributed by atoms with Gasteiger partial charge in [0.15, 0.2) is 0 Å². The molecule has 0 spiro atoms. The summed E-state index contributed by atoms with van der Waals surface area (Å²) in [7, 11) is 0. The number of aliphatic hydroxyl groups is 1. The fourth-order valence-corrected chi connectivity index (χ4v) is 1.50. The largest absolute Gasteiger partial charge is 0.459 e. The van der Waals surface area contributed by atoms with Crippen molar-refractivity contribution in [2.24, 2.45) is 0 Å². The zero-order valence-corrected chi connectivity index (χ0v) is 12.3. The van der Waals surface area contributed by atoms with E-state index in [4.69, 9.17) is 5.11 Å². The molecule has 1 aromatic rings. The molecule has 0 aliphatic heterocycles. The van der Waals surface area contributed by atoms with Crippen LogP contribution in [0.1, 0.15) is 10.4 Å². The minimum Gasteiger partial charge on any atom is -0.459 e. The Hall–Kier alpha value is -2.44. The van der Waals surface area contributed by atoms with Crippen molar-refractivity contribution >= 4 is 11.9 Å². The lowest BCUT2D eigenvalue weighted by Crippen LogP contribution is -2.63. The number of alkyl halides is 6. The quantitative estimate of drug-likeness (QED) is 0.471. The molecule has 0 bridgehead atoms. The van der Waals surface area contributed by atoms with E-state index in [0.717, 1.165) is 0 Å². The summed E-state index contributed by atoms with van der Waals surface area (Å²) < 4.78 is 108. The molecule has 0 aliphatic rings. The third-order valence-corrected chi connectivity index (χ3v) is 2.82. The van der Waals surface area contributed by atoms with Gasteiger partial charge in [-0.05, 0) is 12.1 Å². The highest BCUT2D eigenvalue weighted by Gasteiger charge is 2.76. The Bertz CT molecular complexity index is 668. The first kappa shape index (κ1) is 21.6. The van der Waals surface area contributed by atoms with Gasteiger partial charge >= 0.3 is 29.9 Å². The Labute approximate surface area is 139 Å². The Morgan fingerprint density at radius 1 is 0.923 bits per heavy atom. The van der Waals surface area contributed by atoms with Gasteiger partial charge in [0, 0.05) is 6.07 Å². The topological polar surface area (TPSA) is 72.8 Å². The van der Waals surface area contributed by atoms with E-state index in [-0.39, 0.29) is 0 Å². The lowest BCUT2D eigenvalue weighted by molar-refractivity contribution is -0.357. The minimum absolute atomic E-state index is 0.323. The highest BCUT2D eigenvalue weighted by molar-refractivity contribution is 5.89. The first-order valence-electron chi connectivity index (χ1n) is 6.37. The van der Waals surface area contributed by atoms with Gasteiger partial charge in [-0.15, -0.1) is 0 Å². The van der Waals surface area contributed by atoms with Crippen molar-refractivity contribution in [1.82, 2.24) is 0 Å². The number of carbonyl (C=O) groups is 2. The second-order valence-corrected chi connectivity index (χ2v) is 4.60. The number of hydrogen-bond donors (Lipinski definition) is 1. The molecule has 1 N–H and O–H groups in total. The van der Waals surface area contributed by atoms with Crippen LogP contribution in [-0.2, 0) is 14.3 Å². The molecule has 1 rings (SSSR count). The molecular weight excluding hydrogens is 388 g/mol. The van der Waals surface area contributed by atoms with Crippen molar-refractivity contribution in [3.8, 4) is 0 Å². The van der Waals surface area contributed by atoms with Gasteiger partial charge in [0.2, 0.25) is 0 Å². The molecule has 13 heteroatoms. The van der Waals surface area contributed by atoms with Crippen LogP contribution >= 0.6 is 0 Å². The maximum atomic E-state index is 13.2.